The van der Waals surface area contributed by atoms with Crippen LogP contribution in [0.2, 0.25) is 0 Å². The van der Waals surface area contributed by atoms with Crippen molar-refractivity contribution in [2.45, 2.75) is 30.6 Å². The highest BCUT2D eigenvalue weighted by molar-refractivity contribution is 7.99. The van der Waals surface area contributed by atoms with Crippen LogP contribution >= 0.6 is 11.8 Å². The van der Waals surface area contributed by atoms with E-state index in [-0.39, 0.29) is 0 Å². The number of benzene rings is 1. The fourth-order valence-corrected chi connectivity index (χ4v) is 3.33. The van der Waals surface area contributed by atoms with Crippen LogP contribution < -0.4 is 0 Å². The highest BCUT2D eigenvalue weighted by Gasteiger charge is 2.27. The minimum Gasteiger partial charge on any atom is -0.262 e. The van der Waals surface area contributed by atoms with Crippen LogP contribution in [0.1, 0.15) is 42.9 Å². The van der Waals surface area contributed by atoms with Gasteiger partial charge in [0.2, 0.25) is 0 Å². The Kier molecular flexibility index (Phi) is 2.67. The van der Waals surface area contributed by atoms with Crippen LogP contribution in [0.5, 0.6) is 0 Å². The molecule has 0 bridgehead atoms. The highest BCUT2D eigenvalue weighted by Crippen LogP contribution is 2.41. The van der Waals surface area contributed by atoms with Gasteiger partial charge in [0.05, 0.1) is 5.92 Å². The van der Waals surface area contributed by atoms with Gasteiger partial charge in [0, 0.05) is 16.6 Å². The Hall–Kier alpha value is -1.29. The Morgan fingerprint density at radius 1 is 1.35 bits per heavy atom. The average Bonchev–Trinajstić information content (AvgIpc) is 2.95. The molecule has 17 heavy (non-hydrogen) atoms. The second-order valence-corrected chi connectivity index (χ2v) is 5.70. The van der Waals surface area contributed by atoms with Gasteiger partial charge in [-0.15, -0.1) is 11.8 Å². The summed E-state index contributed by atoms with van der Waals surface area (Å²) < 4.78 is 0. The molecule has 0 fully saturated rings. The number of rotatable bonds is 2. The predicted molar refractivity (Wildman–Crippen MR) is 69.5 cm³/mol. The molecule has 1 atom stereocenters. The number of fused-ring (bicyclic) bond motifs is 1. The molecule has 4 heteroatoms. The van der Waals surface area contributed by atoms with Crippen molar-refractivity contribution in [1.82, 2.24) is 15.2 Å². The fraction of sp³-hybridized carbons (Fsp3) is 0.385. The summed E-state index contributed by atoms with van der Waals surface area (Å²) in [6, 6.07) is 8.56. The molecule has 0 saturated heterocycles. The number of H-pyrrole nitrogens is 1. The van der Waals surface area contributed by atoms with Gasteiger partial charge in [-0.1, -0.05) is 32.0 Å². The molecule has 2 heterocycles. The van der Waals surface area contributed by atoms with Crippen LogP contribution in [-0.2, 0) is 0 Å². The van der Waals surface area contributed by atoms with Crippen molar-refractivity contribution in [3.8, 4) is 0 Å². The SMILES string of the molecule is CC(C)c1n[nH]c(C2CSc3ccccc32)n1. The third kappa shape index (κ3) is 1.86. The molecule has 3 rings (SSSR count). The molecular weight excluding hydrogens is 230 g/mol. The van der Waals surface area contributed by atoms with E-state index in [4.69, 9.17) is 0 Å². The first-order valence-corrected chi connectivity index (χ1v) is 6.88. The first-order chi connectivity index (χ1) is 8.25. The molecule has 1 aliphatic heterocycles. The molecule has 1 aromatic heterocycles. The lowest BCUT2D eigenvalue weighted by molar-refractivity contribution is 0.779. The first kappa shape index (κ1) is 10.8. The standard InChI is InChI=1S/C13H15N3S/c1-8(2)12-14-13(16-15-12)10-7-17-11-6-4-3-5-9(10)11/h3-6,8,10H,7H2,1-2H3,(H,14,15,16). The van der Waals surface area contributed by atoms with Gasteiger partial charge >= 0.3 is 0 Å². The van der Waals surface area contributed by atoms with Gasteiger partial charge in [0.25, 0.3) is 0 Å². The molecule has 3 nitrogen and oxygen atoms in total. The number of nitrogens with zero attached hydrogens (tertiary/aromatic N) is 2. The maximum atomic E-state index is 4.61. The second-order valence-electron chi connectivity index (χ2n) is 4.63. The van der Waals surface area contributed by atoms with Gasteiger partial charge in [-0.3, -0.25) is 5.10 Å². The number of nitrogens with one attached hydrogen (secondary N) is 1. The summed E-state index contributed by atoms with van der Waals surface area (Å²) in [7, 11) is 0. The van der Waals surface area contributed by atoms with E-state index in [2.05, 4.69) is 53.3 Å². The quantitative estimate of drug-likeness (QED) is 0.883. The van der Waals surface area contributed by atoms with E-state index in [0.29, 0.717) is 11.8 Å². The van der Waals surface area contributed by atoms with Crippen molar-refractivity contribution in [2.75, 3.05) is 5.75 Å². The second kappa shape index (κ2) is 4.18. The zero-order valence-electron chi connectivity index (χ0n) is 9.97. The number of aromatic amines is 1. The van der Waals surface area contributed by atoms with E-state index in [9.17, 15) is 0 Å². The lowest BCUT2D eigenvalue weighted by Gasteiger charge is -2.05. The van der Waals surface area contributed by atoms with E-state index in [1.807, 2.05) is 11.8 Å². The fourth-order valence-electron chi connectivity index (χ4n) is 2.09. The molecule has 1 aliphatic rings. The van der Waals surface area contributed by atoms with Crippen LogP contribution in [0, 0.1) is 0 Å². The molecule has 2 aromatic rings. The van der Waals surface area contributed by atoms with Crippen LogP contribution in [-0.4, -0.2) is 20.9 Å². The molecule has 88 valence electrons. The molecule has 0 amide bonds. The van der Waals surface area contributed by atoms with Gasteiger partial charge in [0.15, 0.2) is 5.82 Å². The summed E-state index contributed by atoms with van der Waals surface area (Å²) in [5.74, 6) is 3.73. The van der Waals surface area contributed by atoms with Gasteiger partial charge in [-0.25, -0.2) is 4.98 Å². The van der Waals surface area contributed by atoms with Crippen LogP contribution in [0.4, 0.5) is 0 Å². The zero-order valence-corrected chi connectivity index (χ0v) is 10.8. The van der Waals surface area contributed by atoms with Crippen LogP contribution in [0.15, 0.2) is 29.2 Å². The van der Waals surface area contributed by atoms with E-state index >= 15 is 0 Å². The van der Waals surface area contributed by atoms with E-state index in [1.54, 1.807) is 0 Å². The largest absolute Gasteiger partial charge is 0.262 e. The third-order valence-corrected chi connectivity index (χ3v) is 4.25. The van der Waals surface area contributed by atoms with Crippen LogP contribution in [0.25, 0.3) is 0 Å². The maximum absolute atomic E-state index is 4.61. The van der Waals surface area contributed by atoms with E-state index in [0.717, 1.165) is 17.4 Å². The minimum atomic E-state index is 0.371. The van der Waals surface area contributed by atoms with Crippen LogP contribution in [0.3, 0.4) is 0 Å². The summed E-state index contributed by atoms with van der Waals surface area (Å²) in [5.41, 5.74) is 1.38. The minimum absolute atomic E-state index is 0.371. The molecule has 0 aliphatic carbocycles. The van der Waals surface area contributed by atoms with E-state index in [1.165, 1.54) is 10.5 Å². The lowest BCUT2D eigenvalue weighted by atomic mass is 10.0. The number of hydrogen-bond donors (Lipinski definition) is 1. The van der Waals surface area contributed by atoms with Gasteiger partial charge in [-0.2, -0.15) is 5.10 Å². The van der Waals surface area contributed by atoms with Crippen molar-refractivity contribution < 1.29 is 0 Å². The summed E-state index contributed by atoms with van der Waals surface area (Å²) in [5, 5.41) is 7.38. The Labute approximate surface area is 105 Å². The molecule has 1 N–H and O–H groups in total. The van der Waals surface area contributed by atoms with Gasteiger partial charge in [0.1, 0.15) is 5.82 Å². The number of thioether (sulfide) groups is 1. The Morgan fingerprint density at radius 2 is 2.18 bits per heavy atom. The monoisotopic (exact) mass is 245 g/mol. The van der Waals surface area contributed by atoms with Crippen molar-refractivity contribution in [3.63, 3.8) is 0 Å². The predicted octanol–water partition coefficient (Wildman–Crippen LogP) is 3.17. The average molecular weight is 245 g/mol. The molecule has 0 saturated carbocycles. The van der Waals surface area contributed by atoms with Crippen molar-refractivity contribution in [3.05, 3.63) is 41.5 Å². The normalized spacial score (nSPS) is 18.6. The number of aromatic nitrogens is 3. The van der Waals surface area contributed by atoms with Crippen molar-refractivity contribution >= 4 is 11.8 Å². The Bertz CT molecular complexity index is 533. The van der Waals surface area contributed by atoms with Crippen molar-refractivity contribution in [1.29, 1.82) is 0 Å². The molecule has 1 aromatic carbocycles. The third-order valence-electron chi connectivity index (χ3n) is 3.07. The zero-order chi connectivity index (χ0) is 11.8. The highest BCUT2D eigenvalue weighted by atomic mass is 32.2. The summed E-state index contributed by atoms with van der Waals surface area (Å²) in [6.45, 7) is 4.23. The van der Waals surface area contributed by atoms with Gasteiger partial charge in [-0.05, 0) is 11.6 Å². The summed E-state index contributed by atoms with van der Waals surface area (Å²) in [4.78, 5) is 5.99. The molecular formula is C13H15N3S. The van der Waals surface area contributed by atoms with E-state index < -0.39 is 0 Å². The molecule has 0 radical (unpaired) electrons. The summed E-state index contributed by atoms with van der Waals surface area (Å²) in [6.07, 6.45) is 0. The first-order valence-electron chi connectivity index (χ1n) is 5.89. The molecule has 1 unspecified atom stereocenters. The van der Waals surface area contributed by atoms with Gasteiger partial charge < -0.3 is 0 Å². The molecule has 0 spiro atoms. The maximum Gasteiger partial charge on any atom is 0.153 e. The number of hydrogen-bond acceptors (Lipinski definition) is 3. The lowest BCUT2D eigenvalue weighted by Crippen LogP contribution is -2.02. The Balaban J connectivity index is 1.95. The summed E-state index contributed by atoms with van der Waals surface area (Å²) >= 11 is 1.90. The van der Waals surface area contributed by atoms with Crippen molar-refractivity contribution in [2.24, 2.45) is 0 Å². The topological polar surface area (TPSA) is 41.6 Å². The Morgan fingerprint density at radius 3 is 2.94 bits per heavy atom. The smallest absolute Gasteiger partial charge is 0.153 e.